The van der Waals surface area contributed by atoms with Crippen molar-refractivity contribution in [3.8, 4) is 0 Å². The lowest BCUT2D eigenvalue weighted by molar-refractivity contribution is 0.0880. The van der Waals surface area contributed by atoms with Crippen molar-refractivity contribution in [2.24, 2.45) is 5.92 Å². The summed E-state index contributed by atoms with van der Waals surface area (Å²) in [6.07, 6.45) is 6.05. The Bertz CT molecular complexity index is 463. The van der Waals surface area contributed by atoms with E-state index in [1.165, 1.54) is 42.2 Å². The number of rotatable bonds is 2. The molecule has 0 amide bonds. The van der Waals surface area contributed by atoms with Gasteiger partial charge in [-0.2, -0.15) is 0 Å². The second-order valence-electron chi connectivity index (χ2n) is 5.03. The topological polar surface area (TPSA) is 20.2 Å². The van der Waals surface area contributed by atoms with Gasteiger partial charge in [0.25, 0.3) is 0 Å². The van der Waals surface area contributed by atoms with Gasteiger partial charge in [0.05, 0.1) is 6.10 Å². The van der Waals surface area contributed by atoms with Gasteiger partial charge in [0.1, 0.15) is 0 Å². The molecule has 0 saturated heterocycles. The van der Waals surface area contributed by atoms with Gasteiger partial charge in [-0.15, -0.1) is 11.3 Å². The number of fused-ring (bicyclic) bond motifs is 1. The third-order valence-corrected chi connectivity index (χ3v) is 5.02. The van der Waals surface area contributed by atoms with E-state index in [0.717, 1.165) is 4.88 Å². The molecular formula is C15H18OS. The van der Waals surface area contributed by atoms with Crippen molar-refractivity contribution in [3.63, 3.8) is 0 Å². The van der Waals surface area contributed by atoms with Crippen LogP contribution in [0.2, 0.25) is 0 Å². The molecule has 2 heteroatoms. The lowest BCUT2D eigenvalue weighted by Gasteiger charge is -2.25. The van der Waals surface area contributed by atoms with Gasteiger partial charge in [0, 0.05) is 9.58 Å². The maximum atomic E-state index is 10.5. The molecule has 1 heterocycles. The zero-order valence-corrected chi connectivity index (χ0v) is 10.7. The van der Waals surface area contributed by atoms with Crippen LogP contribution in [0.15, 0.2) is 30.3 Å². The highest BCUT2D eigenvalue weighted by Gasteiger charge is 2.24. The van der Waals surface area contributed by atoms with E-state index in [-0.39, 0.29) is 6.10 Å². The molecule has 90 valence electrons. The molecule has 0 bridgehead atoms. The summed E-state index contributed by atoms with van der Waals surface area (Å²) in [5, 5.41) is 11.7. The van der Waals surface area contributed by atoms with Crippen molar-refractivity contribution in [1.82, 2.24) is 0 Å². The lowest BCUT2D eigenvalue weighted by Crippen LogP contribution is -2.14. The van der Waals surface area contributed by atoms with Crippen LogP contribution in [-0.2, 0) is 0 Å². The SMILES string of the molecule is OC(c1cc2ccccc2s1)C1CCCCC1. The third kappa shape index (κ3) is 2.24. The molecule has 1 aliphatic carbocycles. The second kappa shape index (κ2) is 4.79. The highest BCUT2D eigenvalue weighted by atomic mass is 32.1. The van der Waals surface area contributed by atoms with Crippen LogP contribution in [0.5, 0.6) is 0 Å². The molecule has 1 aromatic heterocycles. The van der Waals surface area contributed by atoms with Gasteiger partial charge in [-0.3, -0.25) is 0 Å². The van der Waals surface area contributed by atoms with Gasteiger partial charge in [0.15, 0.2) is 0 Å². The first kappa shape index (κ1) is 11.2. The minimum Gasteiger partial charge on any atom is -0.387 e. The van der Waals surface area contributed by atoms with Crippen molar-refractivity contribution in [2.45, 2.75) is 38.2 Å². The molecule has 17 heavy (non-hydrogen) atoms. The zero-order chi connectivity index (χ0) is 11.7. The number of aliphatic hydroxyl groups is 1. The molecular weight excluding hydrogens is 228 g/mol. The average Bonchev–Trinajstić information content (AvgIpc) is 2.82. The van der Waals surface area contributed by atoms with E-state index in [1.54, 1.807) is 11.3 Å². The molecule has 1 atom stereocenters. The molecule has 1 N–H and O–H groups in total. The fourth-order valence-corrected chi connectivity index (χ4v) is 3.97. The van der Waals surface area contributed by atoms with Crippen LogP contribution in [0, 0.1) is 5.92 Å². The summed E-state index contributed by atoms with van der Waals surface area (Å²) in [7, 11) is 0. The largest absolute Gasteiger partial charge is 0.387 e. The molecule has 1 fully saturated rings. The Morgan fingerprint density at radius 2 is 1.88 bits per heavy atom. The van der Waals surface area contributed by atoms with Gasteiger partial charge in [-0.1, -0.05) is 37.5 Å². The lowest BCUT2D eigenvalue weighted by atomic mass is 9.85. The van der Waals surface area contributed by atoms with Crippen molar-refractivity contribution >= 4 is 21.4 Å². The van der Waals surface area contributed by atoms with Gasteiger partial charge in [-0.25, -0.2) is 0 Å². The molecule has 0 aliphatic heterocycles. The number of thiophene rings is 1. The summed E-state index contributed by atoms with van der Waals surface area (Å²) < 4.78 is 1.29. The van der Waals surface area contributed by atoms with Crippen LogP contribution < -0.4 is 0 Å². The maximum absolute atomic E-state index is 10.5. The van der Waals surface area contributed by atoms with E-state index in [4.69, 9.17) is 0 Å². The van der Waals surface area contributed by atoms with Crippen molar-refractivity contribution in [3.05, 3.63) is 35.2 Å². The highest BCUT2D eigenvalue weighted by molar-refractivity contribution is 7.19. The minimum absolute atomic E-state index is 0.243. The fraction of sp³-hybridized carbons (Fsp3) is 0.467. The standard InChI is InChI=1S/C15H18OS/c16-15(11-6-2-1-3-7-11)14-10-12-8-4-5-9-13(12)17-14/h4-5,8-11,15-16H,1-3,6-7H2. The Morgan fingerprint density at radius 1 is 1.12 bits per heavy atom. The van der Waals surface area contributed by atoms with E-state index in [2.05, 4.69) is 30.3 Å². The van der Waals surface area contributed by atoms with Crippen LogP contribution in [0.25, 0.3) is 10.1 Å². The Kier molecular flexibility index (Phi) is 3.17. The number of benzene rings is 1. The normalized spacial score (nSPS) is 19.6. The molecule has 1 unspecified atom stereocenters. The predicted molar refractivity (Wildman–Crippen MR) is 73.4 cm³/mol. The smallest absolute Gasteiger partial charge is 0.0910 e. The Labute approximate surface area is 106 Å². The zero-order valence-electron chi connectivity index (χ0n) is 9.93. The average molecular weight is 246 g/mol. The maximum Gasteiger partial charge on any atom is 0.0910 e. The van der Waals surface area contributed by atoms with Crippen molar-refractivity contribution in [1.29, 1.82) is 0 Å². The van der Waals surface area contributed by atoms with Crippen LogP contribution >= 0.6 is 11.3 Å². The third-order valence-electron chi connectivity index (χ3n) is 3.83. The van der Waals surface area contributed by atoms with E-state index < -0.39 is 0 Å². The molecule has 1 aromatic carbocycles. The summed E-state index contributed by atoms with van der Waals surface area (Å²) in [5.74, 6) is 0.483. The van der Waals surface area contributed by atoms with Gasteiger partial charge >= 0.3 is 0 Å². The molecule has 1 aliphatic rings. The van der Waals surface area contributed by atoms with Gasteiger partial charge in [0.2, 0.25) is 0 Å². The second-order valence-corrected chi connectivity index (χ2v) is 6.14. The first-order valence-corrected chi connectivity index (χ1v) is 7.33. The molecule has 3 rings (SSSR count). The molecule has 0 spiro atoms. The summed E-state index contributed by atoms with van der Waals surface area (Å²) in [5.41, 5.74) is 0. The van der Waals surface area contributed by atoms with Crippen LogP contribution in [0.3, 0.4) is 0 Å². The first-order valence-electron chi connectivity index (χ1n) is 6.51. The Morgan fingerprint density at radius 3 is 2.65 bits per heavy atom. The molecule has 0 radical (unpaired) electrons. The predicted octanol–water partition coefficient (Wildman–Crippen LogP) is 4.52. The summed E-state index contributed by atoms with van der Waals surface area (Å²) >= 11 is 1.75. The number of hydrogen-bond donors (Lipinski definition) is 1. The first-order chi connectivity index (χ1) is 8.34. The monoisotopic (exact) mass is 246 g/mol. The van der Waals surface area contributed by atoms with E-state index >= 15 is 0 Å². The quantitative estimate of drug-likeness (QED) is 0.826. The fourth-order valence-electron chi connectivity index (χ4n) is 2.83. The highest BCUT2D eigenvalue weighted by Crippen LogP contribution is 2.38. The van der Waals surface area contributed by atoms with Crippen LogP contribution in [0.1, 0.15) is 43.1 Å². The summed E-state index contributed by atoms with van der Waals surface area (Å²) in [6, 6.07) is 10.6. The van der Waals surface area contributed by atoms with Crippen molar-refractivity contribution < 1.29 is 5.11 Å². The molecule has 1 saturated carbocycles. The Balaban J connectivity index is 1.86. The van der Waals surface area contributed by atoms with Crippen LogP contribution in [0.4, 0.5) is 0 Å². The van der Waals surface area contributed by atoms with Gasteiger partial charge < -0.3 is 5.11 Å². The van der Waals surface area contributed by atoms with Crippen LogP contribution in [-0.4, -0.2) is 5.11 Å². The van der Waals surface area contributed by atoms with Crippen molar-refractivity contribution in [2.75, 3.05) is 0 Å². The van der Waals surface area contributed by atoms with Gasteiger partial charge in [-0.05, 0) is 36.3 Å². The van der Waals surface area contributed by atoms with E-state index in [1.807, 2.05) is 0 Å². The van der Waals surface area contributed by atoms with E-state index in [0.29, 0.717) is 5.92 Å². The minimum atomic E-state index is -0.243. The Hall–Kier alpha value is -0.860. The molecule has 1 nitrogen and oxygen atoms in total. The molecule has 2 aromatic rings. The number of aliphatic hydroxyl groups excluding tert-OH is 1. The van der Waals surface area contributed by atoms with E-state index in [9.17, 15) is 5.11 Å². The summed E-state index contributed by atoms with van der Waals surface area (Å²) in [6.45, 7) is 0. The number of hydrogen-bond acceptors (Lipinski definition) is 2. The summed E-state index contributed by atoms with van der Waals surface area (Å²) in [4.78, 5) is 1.15.